The Morgan fingerprint density at radius 3 is 2.53 bits per heavy atom. The molecule has 0 aliphatic carbocycles. The van der Waals surface area contributed by atoms with E-state index in [0.717, 1.165) is 5.56 Å². The largest absolute Gasteiger partial charge is 0.453 e. The Kier molecular flexibility index (Phi) is 4.80. The van der Waals surface area contributed by atoms with Gasteiger partial charge >= 0.3 is 12.2 Å². The quantitative estimate of drug-likeness (QED) is 0.840. The molecule has 0 aliphatic heterocycles. The van der Waals surface area contributed by atoms with Crippen LogP contribution in [0.25, 0.3) is 0 Å². The van der Waals surface area contributed by atoms with Crippen LogP contribution in [-0.2, 0) is 16.0 Å². The first-order chi connectivity index (χ1) is 8.15. The van der Waals surface area contributed by atoms with E-state index in [9.17, 15) is 9.59 Å². The van der Waals surface area contributed by atoms with Crippen LogP contribution in [0.15, 0.2) is 24.3 Å². The number of amides is 2. The van der Waals surface area contributed by atoms with E-state index in [1.807, 2.05) is 6.07 Å². The Morgan fingerprint density at radius 2 is 1.88 bits per heavy atom. The van der Waals surface area contributed by atoms with E-state index >= 15 is 0 Å². The summed E-state index contributed by atoms with van der Waals surface area (Å²) >= 11 is 0. The Bertz CT molecular complexity index is 406. The van der Waals surface area contributed by atoms with Gasteiger partial charge in [0.25, 0.3) is 0 Å². The number of hydrogen-bond donors (Lipinski definition) is 2. The number of ether oxygens (including phenoxy) is 2. The van der Waals surface area contributed by atoms with Crippen molar-refractivity contribution in [2.75, 3.05) is 19.5 Å². The van der Waals surface area contributed by atoms with E-state index in [2.05, 4.69) is 20.1 Å². The van der Waals surface area contributed by atoms with Gasteiger partial charge < -0.3 is 14.8 Å². The number of carbonyl (C=O) groups is 2. The molecule has 0 saturated carbocycles. The molecule has 0 saturated heterocycles. The van der Waals surface area contributed by atoms with Crippen molar-refractivity contribution >= 4 is 17.9 Å². The first-order valence-electron chi connectivity index (χ1n) is 4.91. The van der Waals surface area contributed by atoms with Gasteiger partial charge in [-0.25, -0.2) is 9.59 Å². The molecule has 6 heteroatoms. The molecule has 0 radical (unpaired) electrons. The fourth-order valence-corrected chi connectivity index (χ4v) is 1.17. The Balaban J connectivity index is 2.59. The van der Waals surface area contributed by atoms with Crippen LogP contribution in [0.5, 0.6) is 0 Å². The molecule has 6 nitrogen and oxygen atoms in total. The number of methoxy groups -OCH3 is 2. The molecule has 1 aromatic rings. The lowest BCUT2D eigenvalue weighted by atomic mass is 10.2. The Hall–Kier alpha value is -2.24. The van der Waals surface area contributed by atoms with Crippen molar-refractivity contribution in [3.63, 3.8) is 0 Å². The van der Waals surface area contributed by atoms with Gasteiger partial charge in [0.1, 0.15) is 0 Å². The molecule has 0 aromatic heterocycles. The molecular weight excluding hydrogens is 224 g/mol. The summed E-state index contributed by atoms with van der Waals surface area (Å²) in [5.41, 5.74) is 1.44. The average molecular weight is 238 g/mol. The molecule has 0 bridgehead atoms. The number of rotatable bonds is 3. The summed E-state index contributed by atoms with van der Waals surface area (Å²) in [5, 5.41) is 5.07. The van der Waals surface area contributed by atoms with Crippen LogP contribution in [0.1, 0.15) is 5.56 Å². The molecule has 0 heterocycles. The van der Waals surface area contributed by atoms with E-state index < -0.39 is 12.2 Å². The van der Waals surface area contributed by atoms with Gasteiger partial charge in [-0.2, -0.15) is 0 Å². The molecule has 17 heavy (non-hydrogen) atoms. The van der Waals surface area contributed by atoms with Crippen LogP contribution in [0.2, 0.25) is 0 Å². The van der Waals surface area contributed by atoms with Crippen molar-refractivity contribution in [3.05, 3.63) is 29.8 Å². The third-order valence-corrected chi connectivity index (χ3v) is 1.98. The minimum absolute atomic E-state index is 0.323. The van der Waals surface area contributed by atoms with E-state index in [0.29, 0.717) is 12.2 Å². The maximum atomic E-state index is 11.0. The fraction of sp³-hybridized carbons (Fsp3) is 0.273. The highest BCUT2D eigenvalue weighted by molar-refractivity contribution is 5.84. The predicted molar refractivity (Wildman–Crippen MR) is 61.7 cm³/mol. The van der Waals surface area contributed by atoms with Crippen LogP contribution in [-0.4, -0.2) is 26.4 Å². The van der Waals surface area contributed by atoms with E-state index in [1.54, 1.807) is 18.2 Å². The first kappa shape index (κ1) is 12.8. The summed E-state index contributed by atoms with van der Waals surface area (Å²) in [6.07, 6.45) is -1.04. The summed E-state index contributed by atoms with van der Waals surface area (Å²) in [7, 11) is 2.59. The van der Waals surface area contributed by atoms with E-state index in [-0.39, 0.29) is 0 Å². The van der Waals surface area contributed by atoms with Gasteiger partial charge in [0.15, 0.2) is 0 Å². The highest BCUT2D eigenvalue weighted by atomic mass is 16.5. The molecule has 0 unspecified atom stereocenters. The van der Waals surface area contributed by atoms with Gasteiger partial charge in [-0.1, -0.05) is 12.1 Å². The SMILES string of the molecule is COC(=O)NCc1cccc(NC(=O)OC)c1. The molecule has 0 spiro atoms. The summed E-state index contributed by atoms with van der Waals surface area (Å²) < 4.78 is 8.91. The predicted octanol–water partition coefficient (Wildman–Crippen LogP) is 1.72. The zero-order valence-corrected chi connectivity index (χ0v) is 9.65. The molecule has 1 aromatic carbocycles. The number of anilines is 1. The van der Waals surface area contributed by atoms with Crippen LogP contribution in [0.3, 0.4) is 0 Å². The fourth-order valence-electron chi connectivity index (χ4n) is 1.17. The third-order valence-electron chi connectivity index (χ3n) is 1.98. The zero-order valence-electron chi connectivity index (χ0n) is 9.65. The molecule has 0 aliphatic rings. The zero-order chi connectivity index (χ0) is 12.7. The van der Waals surface area contributed by atoms with Gasteiger partial charge in [-0.15, -0.1) is 0 Å². The number of alkyl carbamates (subject to hydrolysis) is 1. The maximum Gasteiger partial charge on any atom is 0.411 e. The second-order valence-electron chi connectivity index (χ2n) is 3.16. The van der Waals surface area contributed by atoms with Crippen molar-refractivity contribution in [2.24, 2.45) is 0 Å². The van der Waals surface area contributed by atoms with Crippen molar-refractivity contribution < 1.29 is 19.1 Å². The molecule has 1 rings (SSSR count). The molecule has 0 fully saturated rings. The van der Waals surface area contributed by atoms with E-state index in [1.165, 1.54) is 14.2 Å². The van der Waals surface area contributed by atoms with Crippen molar-refractivity contribution in [1.29, 1.82) is 0 Å². The topological polar surface area (TPSA) is 76.7 Å². The van der Waals surface area contributed by atoms with Crippen molar-refractivity contribution in [3.8, 4) is 0 Å². The lowest BCUT2D eigenvalue weighted by Crippen LogP contribution is -2.22. The van der Waals surface area contributed by atoms with Gasteiger partial charge in [-0.3, -0.25) is 5.32 Å². The van der Waals surface area contributed by atoms with Gasteiger partial charge in [0.2, 0.25) is 0 Å². The average Bonchev–Trinajstić information content (AvgIpc) is 2.36. The van der Waals surface area contributed by atoms with Crippen molar-refractivity contribution in [2.45, 2.75) is 6.54 Å². The standard InChI is InChI=1S/C11H14N2O4/c1-16-10(14)12-7-8-4-3-5-9(6-8)13-11(15)17-2/h3-6H,7H2,1-2H3,(H,12,14)(H,13,15). The van der Waals surface area contributed by atoms with Crippen LogP contribution >= 0.6 is 0 Å². The molecule has 2 N–H and O–H groups in total. The highest BCUT2D eigenvalue weighted by Crippen LogP contribution is 2.10. The summed E-state index contributed by atoms with van der Waals surface area (Å²) in [6.45, 7) is 0.323. The van der Waals surface area contributed by atoms with Gasteiger partial charge in [-0.05, 0) is 17.7 Å². The lowest BCUT2D eigenvalue weighted by Gasteiger charge is -2.07. The Labute approximate surface area is 98.9 Å². The number of hydrogen-bond acceptors (Lipinski definition) is 4. The van der Waals surface area contributed by atoms with Gasteiger partial charge in [0, 0.05) is 12.2 Å². The Morgan fingerprint density at radius 1 is 1.18 bits per heavy atom. The maximum absolute atomic E-state index is 11.0. The van der Waals surface area contributed by atoms with Crippen molar-refractivity contribution in [1.82, 2.24) is 5.32 Å². The molecule has 2 amide bonds. The van der Waals surface area contributed by atoms with Crippen LogP contribution in [0, 0.1) is 0 Å². The monoisotopic (exact) mass is 238 g/mol. The summed E-state index contributed by atoms with van der Waals surface area (Å²) in [5.74, 6) is 0. The minimum Gasteiger partial charge on any atom is -0.453 e. The first-order valence-corrected chi connectivity index (χ1v) is 4.91. The number of nitrogens with one attached hydrogen (secondary N) is 2. The van der Waals surface area contributed by atoms with Crippen LogP contribution < -0.4 is 10.6 Å². The number of benzene rings is 1. The second-order valence-corrected chi connectivity index (χ2v) is 3.16. The molecule has 0 atom stereocenters. The molecule has 92 valence electrons. The third kappa shape index (κ3) is 4.42. The smallest absolute Gasteiger partial charge is 0.411 e. The minimum atomic E-state index is -0.539. The highest BCUT2D eigenvalue weighted by Gasteiger charge is 2.02. The summed E-state index contributed by atoms with van der Waals surface area (Å²) in [4.78, 5) is 21.9. The number of carbonyl (C=O) groups excluding carboxylic acids is 2. The normalized spacial score (nSPS) is 9.29. The van der Waals surface area contributed by atoms with E-state index in [4.69, 9.17) is 0 Å². The second kappa shape index (κ2) is 6.37. The lowest BCUT2D eigenvalue weighted by molar-refractivity contribution is 0.170. The summed E-state index contributed by atoms with van der Waals surface area (Å²) in [6, 6.07) is 7.03. The van der Waals surface area contributed by atoms with Gasteiger partial charge in [0.05, 0.1) is 14.2 Å². The van der Waals surface area contributed by atoms with Crippen LogP contribution in [0.4, 0.5) is 15.3 Å². The molecular formula is C11H14N2O4.